The Morgan fingerprint density at radius 3 is 3.05 bits per heavy atom. The molecule has 1 aromatic heterocycles. The summed E-state index contributed by atoms with van der Waals surface area (Å²) in [4.78, 5) is 22.4. The van der Waals surface area contributed by atoms with Gasteiger partial charge in [-0.1, -0.05) is 5.21 Å². The van der Waals surface area contributed by atoms with E-state index in [0.29, 0.717) is 5.69 Å². The number of hydrogen-bond donors (Lipinski definition) is 3. The van der Waals surface area contributed by atoms with Crippen LogP contribution in [-0.2, 0) is 22.7 Å². The number of carboxylic acid groups (broad SMARTS) is 1. The van der Waals surface area contributed by atoms with Crippen LogP contribution < -0.4 is 10.6 Å². The molecule has 0 spiro atoms. The Bertz CT molecular complexity index is 473. The summed E-state index contributed by atoms with van der Waals surface area (Å²) in [7, 11) is 0. The third-order valence-corrected chi connectivity index (χ3v) is 3.19. The Hall–Kier alpha value is -1.96. The minimum Gasteiger partial charge on any atom is -0.480 e. The zero-order valence-electron chi connectivity index (χ0n) is 10.7. The monoisotopic (exact) mass is 267 g/mol. The SMILES string of the molecule is CC1NCCC1C(=O)NCc1cn(CC(=O)O)nn1. The average molecular weight is 267 g/mol. The van der Waals surface area contributed by atoms with E-state index in [4.69, 9.17) is 5.11 Å². The van der Waals surface area contributed by atoms with Gasteiger partial charge < -0.3 is 15.7 Å². The molecule has 1 fully saturated rings. The molecule has 0 radical (unpaired) electrons. The van der Waals surface area contributed by atoms with E-state index in [-0.39, 0.29) is 31.0 Å². The molecule has 104 valence electrons. The van der Waals surface area contributed by atoms with Gasteiger partial charge in [0.15, 0.2) is 0 Å². The maximum absolute atomic E-state index is 11.9. The summed E-state index contributed by atoms with van der Waals surface area (Å²) in [6.07, 6.45) is 2.35. The van der Waals surface area contributed by atoms with Crippen molar-refractivity contribution in [3.05, 3.63) is 11.9 Å². The summed E-state index contributed by atoms with van der Waals surface area (Å²) in [6.45, 7) is 2.88. The van der Waals surface area contributed by atoms with Gasteiger partial charge in [-0.3, -0.25) is 9.59 Å². The third kappa shape index (κ3) is 3.50. The normalized spacial score (nSPS) is 22.4. The lowest BCUT2D eigenvalue weighted by Gasteiger charge is -2.14. The average Bonchev–Trinajstić information content (AvgIpc) is 2.94. The van der Waals surface area contributed by atoms with Crippen molar-refractivity contribution in [3.63, 3.8) is 0 Å². The van der Waals surface area contributed by atoms with E-state index in [2.05, 4.69) is 20.9 Å². The lowest BCUT2D eigenvalue weighted by molar-refractivity contribution is -0.138. The highest BCUT2D eigenvalue weighted by Gasteiger charge is 2.29. The van der Waals surface area contributed by atoms with Crippen molar-refractivity contribution in [2.45, 2.75) is 32.5 Å². The lowest BCUT2D eigenvalue weighted by Crippen LogP contribution is -2.36. The largest absolute Gasteiger partial charge is 0.480 e. The van der Waals surface area contributed by atoms with E-state index in [1.807, 2.05) is 6.92 Å². The molecule has 2 heterocycles. The molecule has 1 aromatic rings. The van der Waals surface area contributed by atoms with Crippen LogP contribution in [0.5, 0.6) is 0 Å². The van der Waals surface area contributed by atoms with Crippen molar-refractivity contribution in [1.29, 1.82) is 0 Å². The third-order valence-electron chi connectivity index (χ3n) is 3.19. The minimum absolute atomic E-state index is 0.00900. The van der Waals surface area contributed by atoms with Crippen molar-refractivity contribution >= 4 is 11.9 Å². The van der Waals surface area contributed by atoms with E-state index in [0.717, 1.165) is 13.0 Å². The molecule has 0 bridgehead atoms. The molecule has 1 aliphatic heterocycles. The maximum atomic E-state index is 11.9. The highest BCUT2D eigenvalue weighted by atomic mass is 16.4. The van der Waals surface area contributed by atoms with E-state index >= 15 is 0 Å². The molecule has 1 saturated heterocycles. The summed E-state index contributed by atoms with van der Waals surface area (Å²) >= 11 is 0. The highest BCUT2D eigenvalue weighted by Crippen LogP contribution is 2.14. The Morgan fingerprint density at radius 2 is 2.42 bits per heavy atom. The predicted octanol–water partition coefficient (Wildman–Crippen LogP) is -1.02. The second kappa shape index (κ2) is 5.79. The number of amides is 1. The fourth-order valence-electron chi connectivity index (χ4n) is 2.16. The van der Waals surface area contributed by atoms with Gasteiger partial charge in [0, 0.05) is 6.04 Å². The molecule has 8 heteroatoms. The van der Waals surface area contributed by atoms with Gasteiger partial charge in [-0.15, -0.1) is 5.10 Å². The Kier molecular flexibility index (Phi) is 4.10. The molecular weight excluding hydrogens is 250 g/mol. The minimum atomic E-state index is -0.980. The van der Waals surface area contributed by atoms with Crippen molar-refractivity contribution in [3.8, 4) is 0 Å². The van der Waals surface area contributed by atoms with Crippen LogP contribution in [0.4, 0.5) is 0 Å². The first-order valence-corrected chi connectivity index (χ1v) is 6.18. The van der Waals surface area contributed by atoms with Gasteiger partial charge in [0.1, 0.15) is 12.2 Å². The Morgan fingerprint density at radius 1 is 1.63 bits per heavy atom. The van der Waals surface area contributed by atoms with Crippen molar-refractivity contribution < 1.29 is 14.7 Å². The van der Waals surface area contributed by atoms with Crippen LogP contribution in [0.15, 0.2) is 6.20 Å². The first kappa shape index (κ1) is 13.5. The summed E-state index contributed by atoms with van der Waals surface area (Å²) in [5.74, 6) is -1.01. The smallest absolute Gasteiger partial charge is 0.325 e. The van der Waals surface area contributed by atoms with Gasteiger partial charge in [0.05, 0.1) is 18.7 Å². The van der Waals surface area contributed by atoms with Crippen LogP contribution in [-0.4, -0.2) is 44.6 Å². The van der Waals surface area contributed by atoms with Crippen LogP contribution in [0.3, 0.4) is 0 Å². The summed E-state index contributed by atoms with van der Waals surface area (Å²) in [6, 6.07) is 0.183. The van der Waals surface area contributed by atoms with E-state index in [1.54, 1.807) is 0 Å². The van der Waals surface area contributed by atoms with E-state index in [9.17, 15) is 9.59 Å². The Balaban J connectivity index is 1.83. The molecule has 0 aromatic carbocycles. The van der Waals surface area contributed by atoms with Gasteiger partial charge in [0.25, 0.3) is 0 Å². The summed E-state index contributed by atoms with van der Waals surface area (Å²) in [5.41, 5.74) is 0.549. The van der Waals surface area contributed by atoms with E-state index < -0.39 is 5.97 Å². The van der Waals surface area contributed by atoms with Gasteiger partial charge in [-0.25, -0.2) is 4.68 Å². The second-order valence-corrected chi connectivity index (χ2v) is 4.66. The first-order chi connectivity index (χ1) is 9.06. The molecule has 2 rings (SSSR count). The van der Waals surface area contributed by atoms with Gasteiger partial charge >= 0.3 is 5.97 Å². The fraction of sp³-hybridized carbons (Fsp3) is 0.636. The molecule has 2 unspecified atom stereocenters. The number of nitrogens with one attached hydrogen (secondary N) is 2. The molecular formula is C11H17N5O3. The number of rotatable bonds is 5. The standard InChI is InChI=1S/C11H17N5O3/c1-7-9(2-3-12-7)11(19)13-4-8-5-16(15-14-8)6-10(17)18/h5,7,9,12H,2-4,6H2,1H3,(H,13,19)(H,17,18). The zero-order chi connectivity index (χ0) is 13.8. The number of aromatic nitrogens is 3. The van der Waals surface area contributed by atoms with Crippen LogP contribution in [0.1, 0.15) is 19.0 Å². The predicted molar refractivity (Wildman–Crippen MR) is 65.1 cm³/mol. The number of carbonyl (C=O) groups excluding carboxylic acids is 1. The second-order valence-electron chi connectivity index (χ2n) is 4.66. The number of nitrogens with zero attached hydrogens (tertiary/aromatic N) is 3. The first-order valence-electron chi connectivity index (χ1n) is 6.18. The molecule has 1 aliphatic rings. The summed E-state index contributed by atoms with van der Waals surface area (Å²) < 4.78 is 1.23. The van der Waals surface area contributed by atoms with Gasteiger partial charge in [-0.2, -0.15) is 0 Å². The molecule has 3 N–H and O–H groups in total. The number of carbonyl (C=O) groups is 2. The fourth-order valence-corrected chi connectivity index (χ4v) is 2.16. The topological polar surface area (TPSA) is 109 Å². The molecule has 0 aliphatic carbocycles. The van der Waals surface area contributed by atoms with Crippen LogP contribution in [0, 0.1) is 5.92 Å². The molecule has 19 heavy (non-hydrogen) atoms. The molecule has 8 nitrogen and oxygen atoms in total. The molecule has 1 amide bonds. The van der Waals surface area contributed by atoms with Gasteiger partial charge in [-0.05, 0) is 19.9 Å². The summed E-state index contributed by atoms with van der Waals surface area (Å²) in [5, 5.41) is 22.1. The molecule has 2 atom stereocenters. The van der Waals surface area contributed by atoms with Crippen LogP contribution >= 0.6 is 0 Å². The maximum Gasteiger partial charge on any atom is 0.325 e. The number of hydrogen-bond acceptors (Lipinski definition) is 5. The zero-order valence-corrected chi connectivity index (χ0v) is 10.7. The van der Waals surface area contributed by atoms with Crippen molar-refractivity contribution in [1.82, 2.24) is 25.6 Å². The number of carboxylic acids is 1. The Labute approximate surface area is 110 Å². The van der Waals surface area contributed by atoms with Crippen molar-refractivity contribution in [2.75, 3.05) is 6.54 Å². The van der Waals surface area contributed by atoms with E-state index in [1.165, 1.54) is 10.9 Å². The quantitative estimate of drug-likeness (QED) is 0.630. The van der Waals surface area contributed by atoms with Crippen LogP contribution in [0.25, 0.3) is 0 Å². The van der Waals surface area contributed by atoms with Crippen LogP contribution in [0.2, 0.25) is 0 Å². The number of aliphatic carboxylic acids is 1. The van der Waals surface area contributed by atoms with Gasteiger partial charge in [0.2, 0.25) is 5.91 Å². The van der Waals surface area contributed by atoms with Crippen molar-refractivity contribution in [2.24, 2.45) is 5.92 Å². The molecule has 0 saturated carbocycles. The lowest BCUT2D eigenvalue weighted by atomic mass is 10.0. The highest BCUT2D eigenvalue weighted by molar-refractivity contribution is 5.79.